The molecule has 0 saturated carbocycles. The van der Waals surface area contributed by atoms with E-state index in [1.807, 2.05) is 6.92 Å². The van der Waals surface area contributed by atoms with Gasteiger partial charge in [0.15, 0.2) is 0 Å². The molecule has 0 aromatic carbocycles. The molecule has 2 rings (SSSR count). The predicted molar refractivity (Wildman–Crippen MR) is 72.6 cm³/mol. The molecule has 0 spiro atoms. The molecule has 3 nitrogen and oxygen atoms in total. The third kappa shape index (κ3) is 2.89. The molecule has 0 saturated heterocycles. The average Bonchev–Trinajstić information content (AvgIpc) is 2.84. The van der Waals surface area contributed by atoms with Gasteiger partial charge in [-0.05, 0) is 39.9 Å². The minimum absolute atomic E-state index is 0.129. The fourth-order valence-corrected chi connectivity index (χ4v) is 3.35. The molecule has 2 aromatic heterocycles. The highest BCUT2D eigenvalue weighted by atomic mass is 79.9. The lowest BCUT2D eigenvalue weighted by Crippen LogP contribution is -2.29. The van der Waals surface area contributed by atoms with Crippen LogP contribution in [0, 0.1) is 6.92 Å². The molecule has 1 unspecified atom stereocenters. The maximum absolute atomic E-state index is 5.58. The van der Waals surface area contributed by atoms with Crippen molar-refractivity contribution in [2.75, 3.05) is 0 Å². The molecule has 3 N–H and O–H groups in total. The standard InChI is InChI=1S/C10H12BrN3S2/c1-6-13-8(5-15-6)3-9(14-12)7-2-10(11)16-4-7/h2,4-5,9,14H,3,12H2,1H3. The lowest BCUT2D eigenvalue weighted by molar-refractivity contribution is 0.548. The van der Waals surface area contributed by atoms with Crippen LogP contribution in [0.5, 0.6) is 0 Å². The normalized spacial score (nSPS) is 12.9. The van der Waals surface area contributed by atoms with Gasteiger partial charge in [-0.3, -0.25) is 11.3 Å². The lowest BCUT2D eigenvalue weighted by Gasteiger charge is -2.12. The fourth-order valence-electron chi connectivity index (χ4n) is 1.49. The summed E-state index contributed by atoms with van der Waals surface area (Å²) in [6, 6.07) is 2.22. The van der Waals surface area contributed by atoms with E-state index in [9.17, 15) is 0 Å². The molecule has 0 aliphatic heterocycles. The second kappa shape index (κ2) is 5.37. The van der Waals surface area contributed by atoms with Crippen LogP contribution in [0.3, 0.4) is 0 Å². The summed E-state index contributed by atoms with van der Waals surface area (Å²) in [5.74, 6) is 5.58. The molecular weight excluding hydrogens is 306 g/mol. The van der Waals surface area contributed by atoms with Gasteiger partial charge in [-0.25, -0.2) is 4.98 Å². The highest BCUT2D eigenvalue weighted by Gasteiger charge is 2.13. The summed E-state index contributed by atoms with van der Waals surface area (Å²) in [5.41, 5.74) is 5.13. The highest BCUT2D eigenvalue weighted by molar-refractivity contribution is 9.11. The van der Waals surface area contributed by atoms with Crippen molar-refractivity contribution in [3.8, 4) is 0 Å². The number of aromatic nitrogens is 1. The average molecular weight is 318 g/mol. The number of hydrogen-bond acceptors (Lipinski definition) is 5. The molecule has 0 amide bonds. The molecule has 0 bridgehead atoms. The first-order valence-electron chi connectivity index (χ1n) is 4.80. The number of nitrogens with one attached hydrogen (secondary N) is 1. The first-order valence-corrected chi connectivity index (χ1v) is 7.35. The van der Waals surface area contributed by atoms with E-state index in [-0.39, 0.29) is 6.04 Å². The number of hydrogen-bond donors (Lipinski definition) is 2. The number of rotatable bonds is 4. The van der Waals surface area contributed by atoms with Crippen LogP contribution in [0.4, 0.5) is 0 Å². The van der Waals surface area contributed by atoms with Gasteiger partial charge in [0, 0.05) is 11.8 Å². The van der Waals surface area contributed by atoms with E-state index in [4.69, 9.17) is 5.84 Å². The number of nitrogens with zero attached hydrogens (tertiary/aromatic N) is 1. The van der Waals surface area contributed by atoms with Crippen molar-refractivity contribution in [2.24, 2.45) is 5.84 Å². The summed E-state index contributed by atoms with van der Waals surface area (Å²) in [7, 11) is 0. The Kier molecular flexibility index (Phi) is 4.10. The second-order valence-corrected chi connectivity index (χ2v) is 6.82. The van der Waals surface area contributed by atoms with E-state index in [1.165, 1.54) is 5.56 Å². The molecular formula is C10H12BrN3S2. The van der Waals surface area contributed by atoms with Gasteiger partial charge < -0.3 is 0 Å². The number of halogens is 1. The van der Waals surface area contributed by atoms with Crippen molar-refractivity contribution in [3.63, 3.8) is 0 Å². The first-order chi connectivity index (χ1) is 7.69. The Bertz CT molecular complexity index is 466. The number of hydrazine groups is 1. The number of aryl methyl sites for hydroxylation is 1. The lowest BCUT2D eigenvalue weighted by atomic mass is 10.1. The maximum atomic E-state index is 5.58. The minimum Gasteiger partial charge on any atom is -0.271 e. The van der Waals surface area contributed by atoms with Crippen LogP contribution in [0.1, 0.15) is 22.3 Å². The van der Waals surface area contributed by atoms with Crippen molar-refractivity contribution in [3.05, 3.63) is 36.9 Å². The van der Waals surface area contributed by atoms with Gasteiger partial charge >= 0.3 is 0 Å². The van der Waals surface area contributed by atoms with Gasteiger partial charge in [-0.1, -0.05) is 0 Å². The fraction of sp³-hybridized carbons (Fsp3) is 0.300. The predicted octanol–water partition coefficient (Wildman–Crippen LogP) is 3.02. The molecule has 0 aliphatic carbocycles. The smallest absolute Gasteiger partial charge is 0.0897 e. The third-order valence-corrected chi connectivity index (χ3v) is 4.62. The van der Waals surface area contributed by atoms with Gasteiger partial charge in [0.1, 0.15) is 0 Å². The van der Waals surface area contributed by atoms with Gasteiger partial charge in [0.05, 0.1) is 20.5 Å². The van der Waals surface area contributed by atoms with Gasteiger partial charge in [0.25, 0.3) is 0 Å². The van der Waals surface area contributed by atoms with Crippen molar-refractivity contribution in [1.82, 2.24) is 10.4 Å². The zero-order valence-corrected chi connectivity index (χ0v) is 12.0. The van der Waals surface area contributed by atoms with Gasteiger partial charge in [-0.2, -0.15) is 0 Å². The van der Waals surface area contributed by atoms with E-state index >= 15 is 0 Å². The quantitative estimate of drug-likeness (QED) is 0.673. The van der Waals surface area contributed by atoms with Crippen LogP contribution in [0.15, 0.2) is 20.6 Å². The van der Waals surface area contributed by atoms with Crippen molar-refractivity contribution in [2.45, 2.75) is 19.4 Å². The van der Waals surface area contributed by atoms with E-state index in [0.717, 1.165) is 20.9 Å². The third-order valence-electron chi connectivity index (χ3n) is 2.27. The summed E-state index contributed by atoms with van der Waals surface area (Å²) < 4.78 is 1.12. The molecule has 86 valence electrons. The van der Waals surface area contributed by atoms with E-state index < -0.39 is 0 Å². The summed E-state index contributed by atoms with van der Waals surface area (Å²) in [6.45, 7) is 2.01. The Morgan fingerprint density at radius 3 is 2.81 bits per heavy atom. The SMILES string of the molecule is Cc1nc(CC(NN)c2csc(Br)c2)cs1. The molecule has 2 aromatic rings. The number of nitrogens with two attached hydrogens (primary N) is 1. The topological polar surface area (TPSA) is 50.9 Å². The highest BCUT2D eigenvalue weighted by Crippen LogP contribution is 2.27. The minimum atomic E-state index is 0.129. The molecule has 6 heteroatoms. The van der Waals surface area contributed by atoms with E-state index in [1.54, 1.807) is 22.7 Å². The van der Waals surface area contributed by atoms with Crippen LogP contribution >= 0.6 is 38.6 Å². The Labute approximate surface area is 111 Å². The summed E-state index contributed by atoms with van der Waals surface area (Å²) in [5, 5.41) is 5.28. The summed E-state index contributed by atoms with van der Waals surface area (Å²) >= 11 is 6.79. The zero-order valence-electron chi connectivity index (χ0n) is 8.74. The molecule has 0 aliphatic rings. The van der Waals surface area contributed by atoms with E-state index in [0.29, 0.717) is 0 Å². The molecule has 16 heavy (non-hydrogen) atoms. The summed E-state index contributed by atoms with van der Waals surface area (Å²) in [4.78, 5) is 4.45. The molecule has 0 radical (unpaired) electrons. The second-order valence-electron chi connectivity index (χ2n) is 3.47. The number of thiophene rings is 1. The van der Waals surface area contributed by atoms with Crippen LogP contribution in [0.25, 0.3) is 0 Å². The molecule has 0 fully saturated rings. The van der Waals surface area contributed by atoms with E-state index in [2.05, 4.69) is 43.2 Å². The molecule has 2 heterocycles. The van der Waals surface area contributed by atoms with Crippen molar-refractivity contribution < 1.29 is 0 Å². The summed E-state index contributed by atoms with van der Waals surface area (Å²) in [6.07, 6.45) is 0.823. The maximum Gasteiger partial charge on any atom is 0.0897 e. The van der Waals surface area contributed by atoms with Crippen LogP contribution < -0.4 is 11.3 Å². The molecule has 1 atom stereocenters. The first kappa shape index (κ1) is 12.2. The van der Waals surface area contributed by atoms with Crippen molar-refractivity contribution in [1.29, 1.82) is 0 Å². The van der Waals surface area contributed by atoms with Gasteiger partial charge in [-0.15, -0.1) is 22.7 Å². The largest absolute Gasteiger partial charge is 0.271 e. The Hall–Kier alpha value is -0.270. The Morgan fingerprint density at radius 1 is 1.50 bits per heavy atom. The Morgan fingerprint density at radius 2 is 2.31 bits per heavy atom. The van der Waals surface area contributed by atoms with Crippen LogP contribution in [-0.2, 0) is 6.42 Å². The zero-order chi connectivity index (χ0) is 11.5. The Balaban J connectivity index is 2.12. The monoisotopic (exact) mass is 317 g/mol. The van der Waals surface area contributed by atoms with Gasteiger partial charge in [0.2, 0.25) is 0 Å². The van der Waals surface area contributed by atoms with Crippen molar-refractivity contribution >= 4 is 38.6 Å². The number of thiazole rings is 1. The van der Waals surface area contributed by atoms with Crippen LogP contribution in [0.2, 0.25) is 0 Å². The van der Waals surface area contributed by atoms with Crippen LogP contribution in [-0.4, -0.2) is 4.98 Å².